The first-order chi connectivity index (χ1) is 8.66. The van der Waals surface area contributed by atoms with E-state index in [9.17, 15) is 4.39 Å². The molecule has 108 valence electrons. The summed E-state index contributed by atoms with van der Waals surface area (Å²) in [6.07, 6.45) is 3.71. The van der Waals surface area contributed by atoms with E-state index in [-0.39, 0.29) is 18.2 Å². The number of hydrogen-bond donors (Lipinski definition) is 1. The van der Waals surface area contributed by atoms with Crippen molar-refractivity contribution in [1.82, 2.24) is 10.2 Å². The van der Waals surface area contributed by atoms with Gasteiger partial charge in [0, 0.05) is 12.6 Å². The standard InChI is InChI=1S/C15H23FN2.ClH/c1-12-10-13(5-6-15(12)16)11-18(2)14-4-3-8-17-9-7-14;/h5-6,10,14,17H,3-4,7-9,11H2,1-2H3;1H. The normalized spacial score (nSPS) is 19.9. The Hall–Kier alpha value is -0.640. The third-order valence-corrected chi connectivity index (χ3v) is 3.82. The van der Waals surface area contributed by atoms with Gasteiger partial charge in [-0.3, -0.25) is 4.90 Å². The zero-order valence-electron chi connectivity index (χ0n) is 11.8. The zero-order chi connectivity index (χ0) is 13.0. The lowest BCUT2D eigenvalue weighted by Gasteiger charge is -2.27. The summed E-state index contributed by atoms with van der Waals surface area (Å²) in [5.41, 5.74) is 1.94. The van der Waals surface area contributed by atoms with Gasteiger partial charge in [0.05, 0.1) is 0 Å². The van der Waals surface area contributed by atoms with Crippen molar-refractivity contribution in [2.45, 2.75) is 38.8 Å². The average Bonchev–Trinajstić information content (AvgIpc) is 2.62. The lowest BCUT2D eigenvalue weighted by atomic mass is 10.1. The monoisotopic (exact) mass is 286 g/mol. The second-order valence-corrected chi connectivity index (χ2v) is 5.33. The molecule has 0 spiro atoms. The summed E-state index contributed by atoms with van der Waals surface area (Å²) in [7, 11) is 2.18. The van der Waals surface area contributed by atoms with Gasteiger partial charge >= 0.3 is 0 Å². The first-order valence-corrected chi connectivity index (χ1v) is 6.83. The topological polar surface area (TPSA) is 15.3 Å². The number of hydrogen-bond acceptors (Lipinski definition) is 2. The molecule has 1 aromatic carbocycles. The maximum absolute atomic E-state index is 13.2. The van der Waals surface area contributed by atoms with Gasteiger partial charge in [0.1, 0.15) is 5.82 Å². The van der Waals surface area contributed by atoms with Crippen LogP contribution in [0.4, 0.5) is 4.39 Å². The second-order valence-electron chi connectivity index (χ2n) is 5.33. The van der Waals surface area contributed by atoms with Crippen molar-refractivity contribution < 1.29 is 4.39 Å². The molecule has 1 aromatic rings. The van der Waals surface area contributed by atoms with Gasteiger partial charge in [-0.05, 0) is 63.5 Å². The lowest BCUT2D eigenvalue weighted by molar-refractivity contribution is 0.216. The van der Waals surface area contributed by atoms with Gasteiger partial charge in [-0.15, -0.1) is 12.4 Å². The summed E-state index contributed by atoms with van der Waals surface area (Å²) in [5.74, 6) is -0.111. The van der Waals surface area contributed by atoms with E-state index in [1.165, 1.54) is 24.8 Å². The van der Waals surface area contributed by atoms with Crippen LogP contribution in [0.1, 0.15) is 30.4 Å². The highest BCUT2D eigenvalue weighted by Gasteiger charge is 2.16. The van der Waals surface area contributed by atoms with E-state index in [1.54, 1.807) is 6.07 Å². The zero-order valence-corrected chi connectivity index (χ0v) is 12.6. The minimum atomic E-state index is -0.111. The second kappa shape index (κ2) is 7.83. The summed E-state index contributed by atoms with van der Waals surface area (Å²) < 4.78 is 13.2. The first-order valence-electron chi connectivity index (χ1n) is 6.83. The molecular formula is C15H24ClFN2. The smallest absolute Gasteiger partial charge is 0.126 e. The largest absolute Gasteiger partial charge is 0.317 e. The van der Waals surface area contributed by atoms with Crippen molar-refractivity contribution in [3.63, 3.8) is 0 Å². The van der Waals surface area contributed by atoms with Crippen molar-refractivity contribution in [3.8, 4) is 0 Å². The Bertz CT molecular complexity index is 390. The number of nitrogens with zero attached hydrogens (tertiary/aromatic N) is 1. The Morgan fingerprint density at radius 3 is 2.84 bits per heavy atom. The number of rotatable bonds is 3. The molecule has 2 rings (SSSR count). The van der Waals surface area contributed by atoms with E-state index < -0.39 is 0 Å². The maximum Gasteiger partial charge on any atom is 0.126 e. The SMILES string of the molecule is Cc1cc(CN(C)C2CCCNCC2)ccc1F.Cl. The van der Waals surface area contributed by atoms with Gasteiger partial charge in [-0.25, -0.2) is 4.39 Å². The average molecular weight is 287 g/mol. The molecule has 0 amide bonds. The summed E-state index contributed by atoms with van der Waals surface area (Å²) in [4.78, 5) is 2.40. The van der Waals surface area contributed by atoms with Crippen molar-refractivity contribution in [2.24, 2.45) is 0 Å². The number of halogens is 2. The number of benzene rings is 1. The summed E-state index contributed by atoms with van der Waals surface area (Å²) in [5, 5.41) is 3.44. The fourth-order valence-electron chi connectivity index (χ4n) is 2.66. The molecule has 0 saturated carbocycles. The van der Waals surface area contributed by atoms with Crippen LogP contribution in [0.5, 0.6) is 0 Å². The van der Waals surface area contributed by atoms with Crippen LogP contribution in [-0.2, 0) is 6.54 Å². The molecule has 1 saturated heterocycles. The maximum atomic E-state index is 13.2. The van der Waals surface area contributed by atoms with E-state index >= 15 is 0 Å². The van der Waals surface area contributed by atoms with Crippen LogP contribution in [0.15, 0.2) is 18.2 Å². The molecule has 0 bridgehead atoms. The molecule has 1 fully saturated rings. The van der Waals surface area contributed by atoms with Gasteiger partial charge in [0.15, 0.2) is 0 Å². The van der Waals surface area contributed by atoms with Gasteiger partial charge in [-0.1, -0.05) is 12.1 Å². The van der Waals surface area contributed by atoms with Crippen molar-refractivity contribution >= 4 is 12.4 Å². The summed E-state index contributed by atoms with van der Waals surface area (Å²) in [6, 6.07) is 6.08. The van der Waals surface area contributed by atoms with Crippen LogP contribution in [0.2, 0.25) is 0 Å². The third kappa shape index (κ3) is 4.75. The minimum Gasteiger partial charge on any atom is -0.317 e. The van der Waals surface area contributed by atoms with E-state index in [0.717, 1.165) is 25.2 Å². The third-order valence-electron chi connectivity index (χ3n) is 3.82. The molecule has 1 aliphatic heterocycles. The first kappa shape index (κ1) is 16.4. The fraction of sp³-hybridized carbons (Fsp3) is 0.600. The van der Waals surface area contributed by atoms with Crippen LogP contribution in [0.3, 0.4) is 0 Å². The molecule has 19 heavy (non-hydrogen) atoms. The van der Waals surface area contributed by atoms with E-state index in [2.05, 4.69) is 17.3 Å². The fourth-order valence-corrected chi connectivity index (χ4v) is 2.66. The molecule has 2 nitrogen and oxygen atoms in total. The minimum absolute atomic E-state index is 0. The highest BCUT2D eigenvalue weighted by molar-refractivity contribution is 5.85. The number of aryl methyl sites for hydroxylation is 1. The molecule has 1 N–H and O–H groups in total. The quantitative estimate of drug-likeness (QED) is 0.918. The Morgan fingerprint density at radius 1 is 1.32 bits per heavy atom. The van der Waals surface area contributed by atoms with Crippen LogP contribution < -0.4 is 5.32 Å². The van der Waals surface area contributed by atoms with Gasteiger partial charge in [0.2, 0.25) is 0 Å². The summed E-state index contributed by atoms with van der Waals surface area (Å²) >= 11 is 0. The Morgan fingerprint density at radius 2 is 2.11 bits per heavy atom. The van der Waals surface area contributed by atoms with Gasteiger partial charge in [0.25, 0.3) is 0 Å². The van der Waals surface area contributed by atoms with E-state index in [4.69, 9.17) is 0 Å². The van der Waals surface area contributed by atoms with E-state index in [1.807, 2.05) is 19.1 Å². The molecular weight excluding hydrogens is 263 g/mol. The predicted molar refractivity (Wildman–Crippen MR) is 80.4 cm³/mol. The molecule has 1 heterocycles. The van der Waals surface area contributed by atoms with Crippen molar-refractivity contribution in [3.05, 3.63) is 35.1 Å². The van der Waals surface area contributed by atoms with Crippen LogP contribution >= 0.6 is 12.4 Å². The van der Waals surface area contributed by atoms with Gasteiger partial charge in [-0.2, -0.15) is 0 Å². The van der Waals surface area contributed by atoms with E-state index in [0.29, 0.717) is 6.04 Å². The molecule has 0 aliphatic carbocycles. The highest BCUT2D eigenvalue weighted by Crippen LogP contribution is 2.16. The van der Waals surface area contributed by atoms with Crippen LogP contribution in [0.25, 0.3) is 0 Å². The van der Waals surface area contributed by atoms with Crippen LogP contribution in [0, 0.1) is 12.7 Å². The lowest BCUT2D eigenvalue weighted by Crippen LogP contribution is -2.32. The van der Waals surface area contributed by atoms with Crippen LogP contribution in [-0.4, -0.2) is 31.1 Å². The Kier molecular flexibility index (Phi) is 6.76. The Balaban J connectivity index is 0.00000180. The Labute approximate surface area is 121 Å². The molecule has 1 aliphatic rings. The molecule has 4 heteroatoms. The van der Waals surface area contributed by atoms with Gasteiger partial charge < -0.3 is 5.32 Å². The number of nitrogens with one attached hydrogen (secondary N) is 1. The predicted octanol–water partition coefficient (Wildman–Crippen LogP) is 3.13. The highest BCUT2D eigenvalue weighted by atomic mass is 35.5. The van der Waals surface area contributed by atoms with Crippen molar-refractivity contribution in [2.75, 3.05) is 20.1 Å². The molecule has 1 unspecified atom stereocenters. The molecule has 0 radical (unpaired) electrons. The van der Waals surface area contributed by atoms with Crippen molar-refractivity contribution in [1.29, 1.82) is 0 Å². The summed E-state index contributed by atoms with van der Waals surface area (Å²) in [6.45, 7) is 4.98. The molecule has 0 aromatic heterocycles. The molecule has 1 atom stereocenters.